The number of carboxylic acids is 1. The molecular weight excluding hydrogens is 336 g/mol. The van der Waals surface area contributed by atoms with Gasteiger partial charge in [0.15, 0.2) is 0 Å². The second kappa shape index (κ2) is 7.34. The third kappa shape index (κ3) is 3.56. The summed E-state index contributed by atoms with van der Waals surface area (Å²) in [5.41, 5.74) is 7.79. The van der Waals surface area contributed by atoms with Gasteiger partial charge in [-0.1, -0.05) is 12.1 Å². The molecule has 8 nitrogen and oxygen atoms in total. The van der Waals surface area contributed by atoms with Gasteiger partial charge in [0, 0.05) is 17.6 Å². The van der Waals surface area contributed by atoms with Gasteiger partial charge in [-0.15, -0.1) is 0 Å². The molecule has 134 valence electrons. The highest BCUT2D eigenvalue weighted by Gasteiger charge is 2.18. The van der Waals surface area contributed by atoms with Crippen LogP contribution in [0.3, 0.4) is 0 Å². The minimum absolute atomic E-state index is 0.0700. The molecule has 26 heavy (non-hydrogen) atoms. The van der Waals surface area contributed by atoms with Gasteiger partial charge in [0.25, 0.3) is 0 Å². The van der Waals surface area contributed by atoms with Crippen LogP contribution in [0.15, 0.2) is 42.7 Å². The van der Waals surface area contributed by atoms with Crippen molar-refractivity contribution in [3.05, 3.63) is 59.4 Å². The highest BCUT2D eigenvalue weighted by atomic mass is 16.4. The van der Waals surface area contributed by atoms with E-state index in [0.717, 1.165) is 5.56 Å². The summed E-state index contributed by atoms with van der Waals surface area (Å²) in [6.45, 7) is -0.101. The average Bonchev–Trinajstić information content (AvgIpc) is 2.64. The monoisotopic (exact) mass is 354 g/mol. The van der Waals surface area contributed by atoms with Crippen molar-refractivity contribution in [1.82, 2.24) is 9.97 Å². The zero-order chi connectivity index (χ0) is 18.7. The maximum atomic E-state index is 11.6. The molecule has 0 saturated heterocycles. The maximum absolute atomic E-state index is 11.6. The number of nitrogens with zero attached hydrogens (tertiary/aromatic N) is 2. The first-order valence-corrected chi connectivity index (χ1v) is 7.88. The van der Waals surface area contributed by atoms with E-state index in [9.17, 15) is 20.1 Å². The standard InChI is InChI=1S/C18H18N4O4/c19-12-3-1-2-10(4-12)7-20-17-13-5-11(15(24)8-23)6-14(18(25)26)16(13)21-9-22-17/h1-6,9,15,23-24H,7-8,19H2,(H,25,26)(H,20,21,22). The molecule has 0 saturated carbocycles. The third-order valence-corrected chi connectivity index (χ3v) is 3.96. The first-order chi connectivity index (χ1) is 12.5. The lowest BCUT2D eigenvalue weighted by atomic mass is 10.0. The van der Waals surface area contributed by atoms with Crippen molar-refractivity contribution in [3.63, 3.8) is 0 Å². The Kier molecular flexibility index (Phi) is 4.97. The fourth-order valence-electron chi connectivity index (χ4n) is 2.68. The lowest BCUT2D eigenvalue weighted by Crippen LogP contribution is -2.09. The molecule has 2 aromatic carbocycles. The zero-order valence-electron chi connectivity index (χ0n) is 13.8. The van der Waals surface area contributed by atoms with Gasteiger partial charge in [0.05, 0.1) is 17.7 Å². The molecule has 0 spiro atoms. The Labute approximate surface area is 149 Å². The molecular formula is C18H18N4O4. The first kappa shape index (κ1) is 17.6. The van der Waals surface area contributed by atoms with E-state index < -0.39 is 18.7 Å². The molecule has 0 radical (unpaired) electrons. The van der Waals surface area contributed by atoms with E-state index in [0.29, 0.717) is 23.4 Å². The molecule has 3 rings (SSSR count). The number of carboxylic acid groups (broad SMARTS) is 1. The minimum Gasteiger partial charge on any atom is -0.478 e. The van der Waals surface area contributed by atoms with Crippen LogP contribution in [-0.2, 0) is 6.54 Å². The van der Waals surface area contributed by atoms with E-state index in [1.165, 1.54) is 12.4 Å². The van der Waals surface area contributed by atoms with Crippen molar-refractivity contribution in [2.24, 2.45) is 0 Å². The van der Waals surface area contributed by atoms with Gasteiger partial charge >= 0.3 is 5.97 Å². The molecule has 1 unspecified atom stereocenters. The predicted molar refractivity (Wildman–Crippen MR) is 96.7 cm³/mol. The number of nitrogens with two attached hydrogens (primary N) is 1. The number of aromatic carboxylic acids is 1. The van der Waals surface area contributed by atoms with Crippen molar-refractivity contribution in [3.8, 4) is 0 Å². The summed E-state index contributed by atoms with van der Waals surface area (Å²) >= 11 is 0. The second-order valence-electron chi connectivity index (χ2n) is 5.79. The number of benzene rings is 2. The number of hydrogen-bond acceptors (Lipinski definition) is 7. The van der Waals surface area contributed by atoms with Crippen LogP contribution in [0.2, 0.25) is 0 Å². The van der Waals surface area contributed by atoms with E-state index in [4.69, 9.17) is 5.73 Å². The normalized spacial score (nSPS) is 12.1. The van der Waals surface area contributed by atoms with Crippen LogP contribution >= 0.6 is 0 Å². The summed E-state index contributed by atoms with van der Waals surface area (Å²) in [6.07, 6.45) is 0.0815. The molecule has 1 aromatic heterocycles. The SMILES string of the molecule is Nc1cccc(CNc2ncnc3c(C(=O)O)cc(C(O)CO)cc23)c1. The number of rotatable bonds is 6. The van der Waals surface area contributed by atoms with Crippen LogP contribution in [-0.4, -0.2) is 37.9 Å². The molecule has 8 heteroatoms. The number of aliphatic hydroxyl groups is 2. The van der Waals surface area contributed by atoms with Gasteiger partial charge in [-0.25, -0.2) is 14.8 Å². The Hall–Kier alpha value is -3.23. The van der Waals surface area contributed by atoms with E-state index in [1.807, 2.05) is 18.2 Å². The Morgan fingerprint density at radius 2 is 2.04 bits per heavy atom. The minimum atomic E-state index is -1.19. The maximum Gasteiger partial charge on any atom is 0.337 e. The summed E-state index contributed by atoms with van der Waals surface area (Å²) < 4.78 is 0. The fraction of sp³-hybridized carbons (Fsp3) is 0.167. The van der Waals surface area contributed by atoms with Gasteiger partial charge < -0.3 is 26.4 Å². The van der Waals surface area contributed by atoms with Crippen molar-refractivity contribution in [1.29, 1.82) is 0 Å². The summed E-state index contributed by atoms with van der Waals surface area (Å²) in [5.74, 6) is -0.755. The summed E-state index contributed by atoms with van der Waals surface area (Å²) in [7, 11) is 0. The molecule has 3 aromatic rings. The highest BCUT2D eigenvalue weighted by molar-refractivity contribution is 6.05. The molecule has 0 aliphatic heterocycles. The molecule has 0 bridgehead atoms. The van der Waals surface area contributed by atoms with Crippen LogP contribution in [0.4, 0.5) is 11.5 Å². The van der Waals surface area contributed by atoms with Crippen molar-refractivity contribution in [2.45, 2.75) is 12.6 Å². The van der Waals surface area contributed by atoms with Crippen LogP contribution in [0.1, 0.15) is 27.6 Å². The summed E-state index contributed by atoms with van der Waals surface area (Å²) in [5, 5.41) is 32.1. The lowest BCUT2D eigenvalue weighted by Gasteiger charge is -2.14. The number of nitrogens with one attached hydrogen (secondary N) is 1. The second-order valence-corrected chi connectivity index (χ2v) is 5.79. The van der Waals surface area contributed by atoms with Crippen molar-refractivity contribution < 1.29 is 20.1 Å². The third-order valence-electron chi connectivity index (χ3n) is 3.96. The molecule has 6 N–H and O–H groups in total. The zero-order valence-corrected chi connectivity index (χ0v) is 13.8. The molecule has 0 fully saturated rings. The Morgan fingerprint density at radius 3 is 2.73 bits per heavy atom. The van der Waals surface area contributed by atoms with Gasteiger partial charge in [-0.2, -0.15) is 0 Å². The van der Waals surface area contributed by atoms with Gasteiger partial charge in [0.1, 0.15) is 18.2 Å². The van der Waals surface area contributed by atoms with Crippen LogP contribution in [0.5, 0.6) is 0 Å². The predicted octanol–water partition coefficient (Wildman–Crippen LogP) is 1.55. The van der Waals surface area contributed by atoms with Gasteiger partial charge in [-0.05, 0) is 35.4 Å². The Balaban J connectivity index is 2.04. The topological polar surface area (TPSA) is 142 Å². The van der Waals surface area contributed by atoms with E-state index in [-0.39, 0.29) is 16.6 Å². The quantitative estimate of drug-likeness (QED) is 0.420. The average molecular weight is 354 g/mol. The number of aliphatic hydroxyl groups excluding tert-OH is 2. The highest BCUT2D eigenvalue weighted by Crippen LogP contribution is 2.27. The molecule has 1 atom stereocenters. The Morgan fingerprint density at radius 1 is 1.23 bits per heavy atom. The number of fused-ring (bicyclic) bond motifs is 1. The molecule has 0 aliphatic rings. The number of hydrogen-bond donors (Lipinski definition) is 5. The van der Waals surface area contributed by atoms with Crippen LogP contribution in [0, 0.1) is 0 Å². The molecule has 0 amide bonds. The van der Waals surface area contributed by atoms with Crippen molar-refractivity contribution >= 4 is 28.4 Å². The van der Waals surface area contributed by atoms with E-state index in [1.54, 1.807) is 12.1 Å². The number of aromatic nitrogens is 2. The van der Waals surface area contributed by atoms with Crippen LogP contribution in [0.25, 0.3) is 10.9 Å². The van der Waals surface area contributed by atoms with Crippen molar-refractivity contribution in [2.75, 3.05) is 17.7 Å². The smallest absolute Gasteiger partial charge is 0.337 e. The lowest BCUT2D eigenvalue weighted by molar-refractivity contribution is 0.0697. The number of anilines is 2. The van der Waals surface area contributed by atoms with E-state index in [2.05, 4.69) is 15.3 Å². The number of nitrogen functional groups attached to an aromatic ring is 1. The van der Waals surface area contributed by atoms with Gasteiger partial charge in [0.2, 0.25) is 0 Å². The van der Waals surface area contributed by atoms with Crippen LogP contribution < -0.4 is 11.1 Å². The Bertz CT molecular complexity index is 961. The molecule has 0 aliphatic carbocycles. The first-order valence-electron chi connectivity index (χ1n) is 7.88. The van der Waals surface area contributed by atoms with Gasteiger partial charge in [-0.3, -0.25) is 0 Å². The summed E-state index contributed by atoms with van der Waals surface area (Å²) in [6, 6.07) is 10.2. The fourth-order valence-corrected chi connectivity index (χ4v) is 2.68. The van der Waals surface area contributed by atoms with E-state index >= 15 is 0 Å². The largest absolute Gasteiger partial charge is 0.478 e. The number of carbonyl (C=O) groups is 1. The molecule has 1 heterocycles. The summed E-state index contributed by atoms with van der Waals surface area (Å²) in [4.78, 5) is 19.8.